The van der Waals surface area contributed by atoms with E-state index in [9.17, 15) is 4.79 Å². The maximum Gasteiger partial charge on any atom is 0.225 e. The SMILES string of the molecule is CC(C)(C)N1CCC(C(=O)N2CCNCC2)CC1. The van der Waals surface area contributed by atoms with Crippen LogP contribution in [-0.4, -0.2) is 60.5 Å². The molecule has 0 aliphatic carbocycles. The van der Waals surface area contributed by atoms with Gasteiger partial charge < -0.3 is 10.2 Å². The molecule has 0 aromatic heterocycles. The zero-order chi connectivity index (χ0) is 13.2. The number of piperazine rings is 1. The molecule has 2 fully saturated rings. The van der Waals surface area contributed by atoms with Gasteiger partial charge in [-0.05, 0) is 46.7 Å². The van der Waals surface area contributed by atoms with E-state index in [1.54, 1.807) is 0 Å². The number of carbonyl (C=O) groups excluding carboxylic acids is 1. The van der Waals surface area contributed by atoms with Gasteiger partial charge in [0.15, 0.2) is 0 Å². The summed E-state index contributed by atoms with van der Waals surface area (Å²) < 4.78 is 0. The quantitative estimate of drug-likeness (QED) is 0.755. The van der Waals surface area contributed by atoms with Gasteiger partial charge in [-0.15, -0.1) is 0 Å². The molecule has 2 aliphatic heterocycles. The maximum atomic E-state index is 12.4. The third-order valence-electron chi connectivity index (χ3n) is 4.22. The van der Waals surface area contributed by atoms with E-state index in [2.05, 4.69) is 31.0 Å². The second kappa shape index (κ2) is 5.57. The molecule has 1 N–H and O–H groups in total. The Kier molecular flexibility index (Phi) is 4.28. The van der Waals surface area contributed by atoms with Crippen molar-refractivity contribution in [3.05, 3.63) is 0 Å². The smallest absolute Gasteiger partial charge is 0.225 e. The zero-order valence-corrected chi connectivity index (χ0v) is 12.0. The lowest BCUT2D eigenvalue weighted by atomic mass is 9.92. The molecule has 0 saturated carbocycles. The van der Waals surface area contributed by atoms with Crippen molar-refractivity contribution in [3.63, 3.8) is 0 Å². The summed E-state index contributed by atoms with van der Waals surface area (Å²) in [6, 6.07) is 0. The lowest BCUT2D eigenvalue weighted by Gasteiger charge is -2.41. The Labute approximate surface area is 111 Å². The summed E-state index contributed by atoms with van der Waals surface area (Å²) in [7, 11) is 0. The number of carbonyl (C=O) groups is 1. The molecular formula is C14H27N3O. The van der Waals surface area contributed by atoms with Crippen molar-refractivity contribution in [2.45, 2.75) is 39.2 Å². The van der Waals surface area contributed by atoms with Crippen LogP contribution in [0.15, 0.2) is 0 Å². The van der Waals surface area contributed by atoms with Crippen molar-refractivity contribution >= 4 is 5.91 Å². The number of nitrogens with zero attached hydrogens (tertiary/aromatic N) is 2. The molecule has 0 radical (unpaired) electrons. The second-order valence-corrected chi connectivity index (χ2v) is 6.51. The summed E-state index contributed by atoms with van der Waals surface area (Å²) in [5, 5.41) is 3.30. The first-order chi connectivity index (χ1) is 8.48. The van der Waals surface area contributed by atoms with E-state index < -0.39 is 0 Å². The molecule has 4 nitrogen and oxygen atoms in total. The van der Waals surface area contributed by atoms with Gasteiger partial charge in [-0.3, -0.25) is 9.69 Å². The minimum absolute atomic E-state index is 0.239. The first-order valence-electron chi connectivity index (χ1n) is 7.23. The lowest BCUT2D eigenvalue weighted by molar-refractivity contribution is -0.138. The fourth-order valence-corrected chi connectivity index (χ4v) is 2.94. The Hall–Kier alpha value is -0.610. The molecule has 104 valence electrons. The third kappa shape index (κ3) is 3.23. The average molecular weight is 253 g/mol. The molecule has 0 aromatic rings. The standard InChI is InChI=1S/C14H27N3O/c1-14(2,3)17-8-4-12(5-9-17)13(18)16-10-6-15-7-11-16/h12,15H,4-11H2,1-3H3. The Balaban J connectivity index is 1.83. The molecule has 18 heavy (non-hydrogen) atoms. The third-order valence-corrected chi connectivity index (χ3v) is 4.22. The predicted molar refractivity (Wildman–Crippen MR) is 73.5 cm³/mol. The van der Waals surface area contributed by atoms with Crippen LogP contribution in [0.3, 0.4) is 0 Å². The topological polar surface area (TPSA) is 35.6 Å². The van der Waals surface area contributed by atoms with Gasteiger partial charge in [0.1, 0.15) is 0 Å². The number of nitrogens with one attached hydrogen (secondary N) is 1. The van der Waals surface area contributed by atoms with E-state index in [1.165, 1.54) is 0 Å². The van der Waals surface area contributed by atoms with E-state index in [-0.39, 0.29) is 11.5 Å². The number of piperidine rings is 1. The molecule has 0 bridgehead atoms. The van der Waals surface area contributed by atoms with Gasteiger partial charge in [-0.1, -0.05) is 0 Å². The van der Waals surface area contributed by atoms with Crippen LogP contribution in [-0.2, 0) is 4.79 Å². The molecular weight excluding hydrogens is 226 g/mol. The van der Waals surface area contributed by atoms with Crippen LogP contribution in [0.1, 0.15) is 33.6 Å². The second-order valence-electron chi connectivity index (χ2n) is 6.51. The molecule has 2 aliphatic rings. The first-order valence-corrected chi connectivity index (χ1v) is 7.23. The van der Waals surface area contributed by atoms with Crippen molar-refractivity contribution in [1.82, 2.24) is 15.1 Å². The van der Waals surface area contributed by atoms with Crippen LogP contribution in [0, 0.1) is 5.92 Å². The number of likely N-dealkylation sites (tertiary alicyclic amines) is 1. The highest BCUT2D eigenvalue weighted by Gasteiger charge is 2.32. The summed E-state index contributed by atoms with van der Waals surface area (Å²) >= 11 is 0. The average Bonchev–Trinajstić information content (AvgIpc) is 2.38. The summed E-state index contributed by atoms with van der Waals surface area (Å²) in [6.45, 7) is 12.6. The first kappa shape index (κ1) is 13.8. The van der Waals surface area contributed by atoms with E-state index in [1.807, 2.05) is 4.90 Å². The van der Waals surface area contributed by atoms with E-state index in [4.69, 9.17) is 0 Å². The number of hydrogen-bond acceptors (Lipinski definition) is 3. The molecule has 0 aromatic carbocycles. The maximum absolute atomic E-state index is 12.4. The Morgan fingerprint density at radius 3 is 2.11 bits per heavy atom. The van der Waals surface area contributed by atoms with Gasteiger partial charge in [-0.25, -0.2) is 0 Å². The van der Waals surface area contributed by atoms with Crippen LogP contribution >= 0.6 is 0 Å². The van der Waals surface area contributed by atoms with Gasteiger partial charge in [0.25, 0.3) is 0 Å². The normalized spacial score (nSPS) is 24.3. The summed E-state index contributed by atoms with van der Waals surface area (Å²) in [4.78, 5) is 16.9. The highest BCUT2D eigenvalue weighted by atomic mass is 16.2. The molecule has 1 amide bonds. The Morgan fingerprint density at radius 2 is 1.61 bits per heavy atom. The van der Waals surface area contributed by atoms with E-state index >= 15 is 0 Å². The number of amides is 1. The predicted octanol–water partition coefficient (Wildman–Crippen LogP) is 0.929. The summed E-state index contributed by atoms with van der Waals surface area (Å²) in [5.74, 6) is 0.659. The molecule has 0 unspecified atom stereocenters. The molecule has 2 rings (SSSR count). The fourth-order valence-electron chi connectivity index (χ4n) is 2.94. The van der Waals surface area contributed by atoms with E-state index in [0.717, 1.165) is 52.1 Å². The Bertz CT molecular complexity index is 284. The fraction of sp³-hybridized carbons (Fsp3) is 0.929. The van der Waals surface area contributed by atoms with Crippen LogP contribution in [0.25, 0.3) is 0 Å². The lowest BCUT2D eigenvalue weighted by Crippen LogP contribution is -2.52. The highest BCUT2D eigenvalue weighted by molar-refractivity contribution is 5.79. The molecule has 2 heterocycles. The van der Waals surface area contributed by atoms with Crippen LogP contribution in [0.4, 0.5) is 0 Å². The Morgan fingerprint density at radius 1 is 1.06 bits per heavy atom. The van der Waals surface area contributed by atoms with Crippen LogP contribution in [0.2, 0.25) is 0 Å². The number of hydrogen-bond donors (Lipinski definition) is 1. The molecule has 0 atom stereocenters. The highest BCUT2D eigenvalue weighted by Crippen LogP contribution is 2.25. The largest absolute Gasteiger partial charge is 0.340 e. The number of rotatable bonds is 1. The summed E-state index contributed by atoms with van der Waals surface area (Å²) in [6.07, 6.45) is 2.06. The summed E-state index contributed by atoms with van der Waals surface area (Å²) in [5.41, 5.74) is 0.239. The van der Waals surface area contributed by atoms with Crippen molar-refractivity contribution in [3.8, 4) is 0 Å². The van der Waals surface area contributed by atoms with Crippen molar-refractivity contribution in [1.29, 1.82) is 0 Å². The van der Waals surface area contributed by atoms with Crippen molar-refractivity contribution in [2.75, 3.05) is 39.3 Å². The van der Waals surface area contributed by atoms with Gasteiger partial charge in [0.05, 0.1) is 0 Å². The monoisotopic (exact) mass is 253 g/mol. The minimum atomic E-state index is 0.239. The van der Waals surface area contributed by atoms with Crippen molar-refractivity contribution < 1.29 is 4.79 Å². The van der Waals surface area contributed by atoms with E-state index in [0.29, 0.717) is 5.91 Å². The van der Waals surface area contributed by atoms with Gasteiger partial charge in [0, 0.05) is 37.6 Å². The van der Waals surface area contributed by atoms with Gasteiger partial charge in [-0.2, -0.15) is 0 Å². The van der Waals surface area contributed by atoms with Crippen molar-refractivity contribution in [2.24, 2.45) is 5.92 Å². The molecule has 2 saturated heterocycles. The van der Waals surface area contributed by atoms with Gasteiger partial charge in [0.2, 0.25) is 5.91 Å². The molecule has 0 spiro atoms. The molecule has 4 heteroatoms. The van der Waals surface area contributed by atoms with Gasteiger partial charge >= 0.3 is 0 Å². The zero-order valence-electron chi connectivity index (χ0n) is 12.0. The minimum Gasteiger partial charge on any atom is -0.340 e. The van der Waals surface area contributed by atoms with Crippen LogP contribution < -0.4 is 5.32 Å². The van der Waals surface area contributed by atoms with Crippen LogP contribution in [0.5, 0.6) is 0 Å².